The molecule has 1 aromatic heterocycles. The molecule has 1 amide bonds. The number of hydrogen-bond donors (Lipinski definition) is 2. The molecule has 12 heteroatoms. The van der Waals surface area contributed by atoms with E-state index >= 15 is 0 Å². The number of cyclic esters (lactones) is 1. The smallest absolute Gasteiger partial charge is 0.414 e. The molecule has 2 aromatic carbocycles. The standard InChI is InChI=1S/C19H17FN6O4S/c1-29-17(27)10-2-4-16-14(6-10)23-24-26(16)15-5-3-11(7-13(15)20)25-9-12(30-19(25)28)8-22-18(21)31/h2-7,12H,8-9H2,1H3,(H3,21,22,31)/t12-/m0/s1. The number of nitrogens with zero attached hydrogens (tertiary/aromatic N) is 4. The fourth-order valence-corrected chi connectivity index (χ4v) is 3.32. The molecule has 0 spiro atoms. The number of nitrogens with two attached hydrogens (primary N) is 1. The summed E-state index contributed by atoms with van der Waals surface area (Å²) in [6.07, 6.45) is -1.07. The van der Waals surface area contributed by atoms with Crippen molar-refractivity contribution < 1.29 is 23.5 Å². The number of carbonyl (C=O) groups is 2. The second-order valence-electron chi connectivity index (χ2n) is 6.69. The molecule has 0 unspecified atom stereocenters. The lowest BCUT2D eigenvalue weighted by molar-refractivity contribution is 0.0601. The number of thiocarbonyl (C=S) groups is 1. The molecule has 160 valence electrons. The van der Waals surface area contributed by atoms with Gasteiger partial charge >= 0.3 is 12.1 Å². The fourth-order valence-electron chi connectivity index (χ4n) is 3.24. The Morgan fingerprint density at radius 3 is 2.90 bits per heavy atom. The minimum Gasteiger partial charge on any atom is -0.465 e. The number of halogens is 1. The van der Waals surface area contributed by atoms with Gasteiger partial charge in [-0.15, -0.1) is 5.10 Å². The highest BCUT2D eigenvalue weighted by molar-refractivity contribution is 7.80. The predicted octanol–water partition coefficient (Wildman–Crippen LogP) is 1.50. The molecule has 0 radical (unpaired) electrons. The number of esters is 1. The molecule has 2 heterocycles. The summed E-state index contributed by atoms with van der Waals surface area (Å²) in [5.74, 6) is -1.12. The average Bonchev–Trinajstić information content (AvgIpc) is 3.34. The summed E-state index contributed by atoms with van der Waals surface area (Å²) in [7, 11) is 1.28. The van der Waals surface area contributed by atoms with E-state index in [2.05, 4.69) is 20.4 Å². The molecule has 0 bridgehead atoms. The van der Waals surface area contributed by atoms with Gasteiger partial charge in [-0.3, -0.25) is 4.90 Å². The van der Waals surface area contributed by atoms with Crippen LogP contribution in [0.25, 0.3) is 16.7 Å². The van der Waals surface area contributed by atoms with Gasteiger partial charge in [0.25, 0.3) is 0 Å². The van der Waals surface area contributed by atoms with Crippen molar-refractivity contribution in [3.63, 3.8) is 0 Å². The van der Waals surface area contributed by atoms with Gasteiger partial charge in [-0.2, -0.15) is 0 Å². The van der Waals surface area contributed by atoms with Crippen LogP contribution in [0.3, 0.4) is 0 Å². The maximum atomic E-state index is 14.9. The number of hydrogen-bond acceptors (Lipinski definition) is 7. The highest BCUT2D eigenvalue weighted by Gasteiger charge is 2.32. The SMILES string of the molecule is COC(=O)c1ccc2c(c1)nnn2-c1ccc(N2C[C@H](CNC(N)=S)OC2=O)cc1F. The summed E-state index contributed by atoms with van der Waals surface area (Å²) >= 11 is 4.74. The Hall–Kier alpha value is -3.80. The molecule has 3 N–H and O–H groups in total. The molecule has 1 aliphatic rings. The summed E-state index contributed by atoms with van der Waals surface area (Å²) in [5, 5.41) is 10.8. The third kappa shape index (κ3) is 3.97. The molecule has 1 fully saturated rings. The zero-order valence-corrected chi connectivity index (χ0v) is 17.1. The third-order valence-corrected chi connectivity index (χ3v) is 4.86. The first-order valence-electron chi connectivity index (χ1n) is 9.12. The van der Waals surface area contributed by atoms with Gasteiger partial charge in [-0.1, -0.05) is 5.21 Å². The number of ether oxygens (including phenoxy) is 2. The van der Waals surface area contributed by atoms with Crippen molar-refractivity contribution in [2.24, 2.45) is 5.73 Å². The van der Waals surface area contributed by atoms with Crippen LogP contribution in [-0.4, -0.2) is 58.5 Å². The van der Waals surface area contributed by atoms with E-state index in [1.807, 2.05) is 0 Å². The van der Waals surface area contributed by atoms with Crippen molar-refractivity contribution >= 4 is 46.1 Å². The first-order chi connectivity index (χ1) is 14.9. The van der Waals surface area contributed by atoms with E-state index in [-0.39, 0.29) is 23.9 Å². The molecule has 0 saturated carbocycles. The van der Waals surface area contributed by atoms with Gasteiger partial charge in [0.1, 0.15) is 17.3 Å². The molecule has 10 nitrogen and oxygen atoms in total. The number of fused-ring (bicyclic) bond motifs is 1. The van der Waals surface area contributed by atoms with E-state index in [1.165, 1.54) is 34.9 Å². The number of methoxy groups -OCH3 is 1. The van der Waals surface area contributed by atoms with Crippen LogP contribution in [0.15, 0.2) is 36.4 Å². The van der Waals surface area contributed by atoms with Crippen LogP contribution in [0.4, 0.5) is 14.9 Å². The Bertz CT molecular complexity index is 1200. The zero-order valence-electron chi connectivity index (χ0n) is 16.2. The van der Waals surface area contributed by atoms with E-state index in [1.54, 1.807) is 18.2 Å². The number of nitrogens with one attached hydrogen (secondary N) is 1. The summed E-state index contributed by atoms with van der Waals surface area (Å²) in [6.45, 7) is 0.479. The first-order valence-corrected chi connectivity index (χ1v) is 9.53. The summed E-state index contributed by atoms with van der Waals surface area (Å²) in [6, 6.07) is 8.95. The molecular formula is C19H17FN6O4S. The van der Waals surface area contributed by atoms with Crippen molar-refractivity contribution in [2.75, 3.05) is 25.1 Å². The van der Waals surface area contributed by atoms with Crippen molar-refractivity contribution in [2.45, 2.75) is 6.10 Å². The Balaban J connectivity index is 1.59. The van der Waals surface area contributed by atoms with Crippen LogP contribution in [0, 0.1) is 5.82 Å². The van der Waals surface area contributed by atoms with Crippen molar-refractivity contribution in [1.29, 1.82) is 0 Å². The van der Waals surface area contributed by atoms with Crippen LogP contribution in [0.1, 0.15) is 10.4 Å². The van der Waals surface area contributed by atoms with E-state index in [0.717, 1.165) is 0 Å². The highest BCUT2D eigenvalue weighted by atomic mass is 32.1. The van der Waals surface area contributed by atoms with Gasteiger partial charge in [-0.05, 0) is 48.6 Å². The van der Waals surface area contributed by atoms with Gasteiger partial charge in [-0.25, -0.2) is 18.7 Å². The number of amides is 1. The molecular weight excluding hydrogens is 427 g/mol. The molecule has 31 heavy (non-hydrogen) atoms. The zero-order chi connectivity index (χ0) is 22.1. The van der Waals surface area contributed by atoms with E-state index < -0.39 is 24.0 Å². The lowest BCUT2D eigenvalue weighted by atomic mass is 10.2. The molecule has 3 aromatic rings. The lowest BCUT2D eigenvalue weighted by Crippen LogP contribution is -2.37. The fraction of sp³-hybridized carbons (Fsp3) is 0.211. The minimum atomic E-state index is -0.612. The van der Waals surface area contributed by atoms with Crippen LogP contribution in [0.2, 0.25) is 0 Å². The van der Waals surface area contributed by atoms with Gasteiger partial charge < -0.3 is 20.5 Å². The number of benzene rings is 2. The maximum absolute atomic E-state index is 14.9. The Labute approximate surface area is 180 Å². The van der Waals surface area contributed by atoms with Crippen LogP contribution in [-0.2, 0) is 9.47 Å². The second-order valence-corrected chi connectivity index (χ2v) is 7.13. The number of rotatable bonds is 5. The normalized spacial score (nSPS) is 15.7. The summed E-state index contributed by atoms with van der Waals surface area (Å²) in [5.41, 5.74) is 7.07. The Morgan fingerprint density at radius 2 is 2.19 bits per heavy atom. The minimum absolute atomic E-state index is 0.101. The van der Waals surface area contributed by atoms with Gasteiger partial charge in [0.2, 0.25) is 0 Å². The molecule has 0 aliphatic carbocycles. The number of anilines is 1. The molecule has 1 aliphatic heterocycles. The third-order valence-electron chi connectivity index (χ3n) is 4.72. The average molecular weight is 444 g/mol. The van der Waals surface area contributed by atoms with Crippen LogP contribution >= 0.6 is 12.2 Å². The monoisotopic (exact) mass is 444 g/mol. The highest BCUT2D eigenvalue weighted by Crippen LogP contribution is 2.27. The first kappa shape index (κ1) is 20.5. The number of carbonyl (C=O) groups excluding carboxylic acids is 2. The molecule has 1 atom stereocenters. The van der Waals surface area contributed by atoms with E-state index in [4.69, 9.17) is 22.7 Å². The lowest BCUT2D eigenvalue weighted by Gasteiger charge is -2.14. The summed E-state index contributed by atoms with van der Waals surface area (Å²) in [4.78, 5) is 25.2. The van der Waals surface area contributed by atoms with Crippen molar-refractivity contribution in [3.05, 3.63) is 47.8 Å². The molecule has 1 saturated heterocycles. The number of aromatic nitrogens is 3. The quantitative estimate of drug-likeness (QED) is 0.445. The molecule has 4 rings (SSSR count). The van der Waals surface area contributed by atoms with Gasteiger partial charge in [0, 0.05) is 0 Å². The van der Waals surface area contributed by atoms with Crippen LogP contribution < -0.4 is 16.0 Å². The Morgan fingerprint density at radius 1 is 1.39 bits per heavy atom. The van der Waals surface area contributed by atoms with Gasteiger partial charge in [0.05, 0.1) is 37.0 Å². The van der Waals surface area contributed by atoms with Crippen LogP contribution in [0.5, 0.6) is 0 Å². The van der Waals surface area contributed by atoms with Crippen molar-refractivity contribution in [3.8, 4) is 5.69 Å². The maximum Gasteiger partial charge on any atom is 0.414 e. The largest absolute Gasteiger partial charge is 0.465 e. The topological polar surface area (TPSA) is 125 Å². The Kier molecular flexibility index (Phi) is 5.38. The predicted molar refractivity (Wildman–Crippen MR) is 113 cm³/mol. The van der Waals surface area contributed by atoms with E-state index in [9.17, 15) is 14.0 Å². The van der Waals surface area contributed by atoms with Crippen molar-refractivity contribution in [1.82, 2.24) is 20.3 Å². The van der Waals surface area contributed by atoms with Gasteiger partial charge in [0.15, 0.2) is 10.9 Å². The second kappa shape index (κ2) is 8.14. The van der Waals surface area contributed by atoms with E-state index in [0.29, 0.717) is 22.3 Å². The summed E-state index contributed by atoms with van der Waals surface area (Å²) < 4.78 is 26.2.